The number of carbonyl (C=O) groups excluding carboxylic acids is 1. The Morgan fingerprint density at radius 3 is 2.81 bits per heavy atom. The highest BCUT2D eigenvalue weighted by molar-refractivity contribution is 5.97. The predicted octanol–water partition coefficient (Wildman–Crippen LogP) is 2.73. The van der Waals surface area contributed by atoms with Crippen molar-refractivity contribution in [1.29, 1.82) is 0 Å². The standard InChI is InChI=1S/C21H27N3O3/c1-3-16(22-21(26)17-10-7-8-12-19(17)27-2)14-24-20(25)13-15-9-5-4-6-11-18(15)23-24/h7-8,10,12-13,16H,3-6,9,11,14H2,1-2H3,(H,22,26)/t16-/m0/s1. The first kappa shape index (κ1) is 19.1. The molecule has 6 nitrogen and oxygen atoms in total. The van der Waals surface area contributed by atoms with Crippen molar-refractivity contribution in [2.45, 2.75) is 58.0 Å². The normalized spacial score (nSPS) is 14.7. The van der Waals surface area contributed by atoms with E-state index in [1.54, 1.807) is 31.4 Å². The summed E-state index contributed by atoms with van der Waals surface area (Å²) < 4.78 is 6.77. The molecule has 0 aliphatic heterocycles. The number of ether oxygens (including phenoxy) is 1. The average molecular weight is 369 g/mol. The summed E-state index contributed by atoms with van der Waals surface area (Å²) in [5.74, 6) is 0.326. The number of amides is 1. The number of carbonyl (C=O) groups is 1. The third-order valence-corrected chi connectivity index (χ3v) is 5.10. The number of aryl methyl sites for hydroxylation is 2. The van der Waals surface area contributed by atoms with Gasteiger partial charge in [0.05, 0.1) is 24.9 Å². The SMILES string of the molecule is CC[C@@H](Cn1nc2c(cc1=O)CCCCC2)NC(=O)c1ccccc1OC. The molecule has 0 saturated heterocycles. The zero-order valence-electron chi connectivity index (χ0n) is 16.0. The van der Waals surface area contributed by atoms with Crippen LogP contribution in [0.5, 0.6) is 5.75 Å². The van der Waals surface area contributed by atoms with E-state index in [0.717, 1.165) is 36.9 Å². The number of nitrogens with zero attached hydrogens (tertiary/aromatic N) is 2. The molecule has 1 aromatic heterocycles. The Labute approximate surface area is 159 Å². The first-order valence-corrected chi connectivity index (χ1v) is 9.66. The number of aromatic nitrogens is 2. The summed E-state index contributed by atoms with van der Waals surface area (Å²) in [7, 11) is 1.54. The maximum absolute atomic E-state index is 12.6. The van der Waals surface area contributed by atoms with Crippen molar-refractivity contribution in [1.82, 2.24) is 15.1 Å². The number of para-hydroxylation sites is 1. The van der Waals surface area contributed by atoms with E-state index in [-0.39, 0.29) is 17.5 Å². The third kappa shape index (κ3) is 4.56. The molecule has 6 heteroatoms. The molecule has 1 atom stereocenters. The van der Waals surface area contributed by atoms with Gasteiger partial charge in [-0.1, -0.05) is 25.5 Å². The topological polar surface area (TPSA) is 73.2 Å². The number of rotatable bonds is 6. The molecule has 1 amide bonds. The van der Waals surface area contributed by atoms with Crippen molar-refractivity contribution >= 4 is 5.91 Å². The fraction of sp³-hybridized carbons (Fsp3) is 0.476. The lowest BCUT2D eigenvalue weighted by atomic mass is 10.1. The van der Waals surface area contributed by atoms with Gasteiger partial charge in [-0.25, -0.2) is 4.68 Å². The molecule has 0 bridgehead atoms. The Bertz CT molecular complexity index is 860. The number of nitrogens with one attached hydrogen (secondary N) is 1. The average Bonchev–Trinajstić information content (AvgIpc) is 2.92. The lowest BCUT2D eigenvalue weighted by Gasteiger charge is -2.19. The molecular formula is C21H27N3O3. The Morgan fingerprint density at radius 2 is 2.04 bits per heavy atom. The van der Waals surface area contributed by atoms with Crippen molar-refractivity contribution in [3.05, 3.63) is 57.5 Å². The summed E-state index contributed by atoms with van der Waals surface area (Å²) in [6, 6.07) is 8.66. The molecule has 3 rings (SSSR count). The molecule has 1 aliphatic rings. The van der Waals surface area contributed by atoms with Gasteiger partial charge in [0.2, 0.25) is 0 Å². The molecule has 0 saturated carbocycles. The smallest absolute Gasteiger partial charge is 0.267 e. The van der Waals surface area contributed by atoms with Crippen molar-refractivity contribution in [3.63, 3.8) is 0 Å². The van der Waals surface area contributed by atoms with Gasteiger partial charge in [-0.2, -0.15) is 5.10 Å². The molecule has 27 heavy (non-hydrogen) atoms. The maximum Gasteiger partial charge on any atom is 0.267 e. The van der Waals surface area contributed by atoms with Gasteiger partial charge in [0.1, 0.15) is 5.75 Å². The summed E-state index contributed by atoms with van der Waals surface area (Å²) in [4.78, 5) is 25.1. The van der Waals surface area contributed by atoms with Gasteiger partial charge in [-0.05, 0) is 49.8 Å². The molecule has 1 heterocycles. The summed E-state index contributed by atoms with van der Waals surface area (Å²) in [5.41, 5.74) is 2.50. The lowest BCUT2D eigenvalue weighted by Crippen LogP contribution is -2.41. The van der Waals surface area contributed by atoms with Crippen LogP contribution in [-0.2, 0) is 19.4 Å². The minimum Gasteiger partial charge on any atom is -0.496 e. The highest BCUT2D eigenvalue weighted by atomic mass is 16.5. The third-order valence-electron chi connectivity index (χ3n) is 5.10. The fourth-order valence-electron chi connectivity index (χ4n) is 3.49. The van der Waals surface area contributed by atoms with Crippen LogP contribution < -0.4 is 15.6 Å². The Balaban J connectivity index is 1.76. The van der Waals surface area contributed by atoms with Gasteiger partial charge in [-0.15, -0.1) is 0 Å². The van der Waals surface area contributed by atoms with Crippen LogP contribution >= 0.6 is 0 Å². The van der Waals surface area contributed by atoms with Gasteiger partial charge < -0.3 is 10.1 Å². The van der Waals surface area contributed by atoms with E-state index in [4.69, 9.17) is 4.74 Å². The number of methoxy groups -OCH3 is 1. The molecular weight excluding hydrogens is 342 g/mol. The largest absolute Gasteiger partial charge is 0.496 e. The van der Waals surface area contributed by atoms with Crippen LogP contribution in [0.4, 0.5) is 0 Å². The summed E-state index contributed by atoms with van der Waals surface area (Å²) >= 11 is 0. The van der Waals surface area contributed by atoms with Crippen molar-refractivity contribution in [2.24, 2.45) is 0 Å². The van der Waals surface area contributed by atoms with E-state index in [2.05, 4.69) is 10.4 Å². The van der Waals surface area contributed by atoms with Crippen LogP contribution in [0.1, 0.15) is 54.2 Å². The molecule has 0 spiro atoms. The maximum atomic E-state index is 12.6. The zero-order valence-corrected chi connectivity index (χ0v) is 16.0. The lowest BCUT2D eigenvalue weighted by molar-refractivity contribution is 0.0927. The highest BCUT2D eigenvalue weighted by Gasteiger charge is 2.18. The monoisotopic (exact) mass is 369 g/mol. The second kappa shape index (κ2) is 8.84. The molecule has 1 aromatic carbocycles. The first-order valence-electron chi connectivity index (χ1n) is 9.66. The molecule has 0 fully saturated rings. The number of benzene rings is 1. The predicted molar refractivity (Wildman–Crippen MR) is 104 cm³/mol. The highest BCUT2D eigenvalue weighted by Crippen LogP contribution is 2.18. The van der Waals surface area contributed by atoms with Crippen LogP contribution in [-0.4, -0.2) is 28.8 Å². The number of hydrogen-bond acceptors (Lipinski definition) is 4. The van der Waals surface area contributed by atoms with Crippen LogP contribution in [0, 0.1) is 0 Å². The Hall–Kier alpha value is -2.63. The fourth-order valence-corrected chi connectivity index (χ4v) is 3.49. The second-order valence-corrected chi connectivity index (χ2v) is 6.98. The molecule has 1 aliphatic carbocycles. The van der Waals surface area contributed by atoms with E-state index in [9.17, 15) is 9.59 Å². The van der Waals surface area contributed by atoms with E-state index in [0.29, 0.717) is 24.3 Å². The summed E-state index contributed by atoms with van der Waals surface area (Å²) in [5, 5.41) is 7.61. The first-order chi connectivity index (χ1) is 13.1. The van der Waals surface area contributed by atoms with Crippen molar-refractivity contribution in [3.8, 4) is 5.75 Å². The van der Waals surface area contributed by atoms with Crippen molar-refractivity contribution in [2.75, 3.05) is 7.11 Å². The minimum absolute atomic E-state index is 0.0966. The molecule has 1 N–H and O–H groups in total. The van der Waals surface area contributed by atoms with Gasteiger partial charge in [0.25, 0.3) is 11.5 Å². The number of fused-ring (bicyclic) bond motifs is 1. The van der Waals surface area contributed by atoms with Crippen LogP contribution in [0.2, 0.25) is 0 Å². The number of hydrogen-bond donors (Lipinski definition) is 1. The molecule has 0 radical (unpaired) electrons. The molecule has 144 valence electrons. The van der Waals surface area contributed by atoms with Gasteiger partial charge in [0.15, 0.2) is 0 Å². The van der Waals surface area contributed by atoms with E-state index >= 15 is 0 Å². The van der Waals surface area contributed by atoms with E-state index in [1.165, 1.54) is 11.1 Å². The van der Waals surface area contributed by atoms with Crippen LogP contribution in [0.3, 0.4) is 0 Å². The summed E-state index contributed by atoms with van der Waals surface area (Å²) in [6.45, 7) is 2.35. The Kier molecular flexibility index (Phi) is 6.27. The van der Waals surface area contributed by atoms with Crippen LogP contribution in [0.25, 0.3) is 0 Å². The second-order valence-electron chi connectivity index (χ2n) is 6.98. The van der Waals surface area contributed by atoms with E-state index < -0.39 is 0 Å². The van der Waals surface area contributed by atoms with Gasteiger partial charge in [0, 0.05) is 12.1 Å². The van der Waals surface area contributed by atoms with E-state index in [1.807, 2.05) is 13.0 Å². The van der Waals surface area contributed by atoms with Gasteiger partial charge >= 0.3 is 0 Å². The molecule has 2 aromatic rings. The Morgan fingerprint density at radius 1 is 1.26 bits per heavy atom. The molecule has 0 unspecified atom stereocenters. The summed E-state index contributed by atoms with van der Waals surface area (Å²) in [6.07, 6.45) is 5.95. The van der Waals surface area contributed by atoms with Gasteiger partial charge in [-0.3, -0.25) is 9.59 Å². The van der Waals surface area contributed by atoms with Crippen molar-refractivity contribution < 1.29 is 9.53 Å². The quantitative estimate of drug-likeness (QED) is 0.795. The zero-order chi connectivity index (χ0) is 19.2. The van der Waals surface area contributed by atoms with Crippen LogP contribution in [0.15, 0.2) is 35.1 Å². The minimum atomic E-state index is -0.206.